The summed E-state index contributed by atoms with van der Waals surface area (Å²) in [6.07, 6.45) is 0.376. The second-order valence-electron chi connectivity index (χ2n) is 7.97. The number of thiazole rings is 1. The molecule has 0 unspecified atom stereocenters. The zero-order valence-electron chi connectivity index (χ0n) is 17.8. The fourth-order valence-corrected chi connectivity index (χ4v) is 5.82. The summed E-state index contributed by atoms with van der Waals surface area (Å²) in [6.45, 7) is 3.21. The first-order chi connectivity index (χ1) is 15.8. The molecule has 6 heteroatoms. The number of aromatic nitrogens is 1. The van der Waals surface area contributed by atoms with Crippen molar-refractivity contribution in [3.8, 4) is 10.6 Å². The van der Waals surface area contributed by atoms with Crippen molar-refractivity contribution >= 4 is 28.6 Å². The Kier molecular flexibility index (Phi) is 6.44. The van der Waals surface area contributed by atoms with Gasteiger partial charge in [-0.15, -0.1) is 11.3 Å². The van der Waals surface area contributed by atoms with Crippen LogP contribution in [0.2, 0.25) is 0 Å². The predicted octanol–water partition coefficient (Wildman–Crippen LogP) is 5.35. The van der Waals surface area contributed by atoms with Gasteiger partial charge in [0.05, 0.1) is 18.2 Å². The lowest BCUT2D eigenvalue weighted by Crippen LogP contribution is -2.50. The van der Waals surface area contributed by atoms with Crippen LogP contribution in [-0.2, 0) is 11.2 Å². The van der Waals surface area contributed by atoms with Gasteiger partial charge in [0.25, 0.3) is 0 Å². The van der Waals surface area contributed by atoms with Crippen LogP contribution in [0, 0.1) is 0 Å². The summed E-state index contributed by atoms with van der Waals surface area (Å²) < 4.78 is 0. The van der Waals surface area contributed by atoms with E-state index in [2.05, 4.69) is 87.4 Å². The van der Waals surface area contributed by atoms with E-state index in [0.717, 1.165) is 42.4 Å². The minimum atomic E-state index is 0.169. The average Bonchev–Trinajstić information content (AvgIpc) is 3.53. The smallest absolute Gasteiger partial charge is 0.228 e. The van der Waals surface area contributed by atoms with Gasteiger partial charge in [-0.1, -0.05) is 60.7 Å². The van der Waals surface area contributed by atoms with Crippen molar-refractivity contribution in [3.63, 3.8) is 0 Å². The Balaban J connectivity index is 1.24. The van der Waals surface area contributed by atoms with Crippen LogP contribution in [0.5, 0.6) is 0 Å². The topological polar surface area (TPSA) is 36.4 Å². The lowest BCUT2D eigenvalue weighted by molar-refractivity contribution is -0.132. The molecule has 2 aromatic carbocycles. The molecule has 0 radical (unpaired) electrons. The Morgan fingerprint density at radius 1 is 0.875 bits per heavy atom. The maximum atomic E-state index is 13.0. The fraction of sp³-hybridized carbons (Fsp3) is 0.231. The van der Waals surface area contributed by atoms with Crippen molar-refractivity contribution in [2.45, 2.75) is 12.5 Å². The van der Waals surface area contributed by atoms with Crippen LogP contribution >= 0.6 is 22.7 Å². The molecule has 1 aliphatic heterocycles. The van der Waals surface area contributed by atoms with E-state index in [1.807, 2.05) is 10.3 Å². The zero-order chi connectivity index (χ0) is 21.8. The van der Waals surface area contributed by atoms with Crippen LogP contribution in [-0.4, -0.2) is 46.9 Å². The lowest BCUT2D eigenvalue weighted by atomic mass is 9.96. The molecule has 32 heavy (non-hydrogen) atoms. The van der Waals surface area contributed by atoms with E-state index in [0.29, 0.717) is 6.42 Å². The van der Waals surface area contributed by atoms with Gasteiger partial charge in [-0.3, -0.25) is 9.69 Å². The Bertz CT molecular complexity index is 1090. The molecular weight excluding hydrogens is 434 g/mol. The first-order valence-electron chi connectivity index (χ1n) is 10.9. The van der Waals surface area contributed by atoms with E-state index in [-0.39, 0.29) is 11.9 Å². The Morgan fingerprint density at radius 2 is 1.53 bits per heavy atom. The number of rotatable bonds is 6. The quantitative estimate of drug-likeness (QED) is 0.390. The van der Waals surface area contributed by atoms with Crippen molar-refractivity contribution in [2.75, 3.05) is 26.2 Å². The van der Waals surface area contributed by atoms with Crippen LogP contribution in [0.1, 0.15) is 22.9 Å². The van der Waals surface area contributed by atoms with Gasteiger partial charge < -0.3 is 4.90 Å². The molecule has 1 amide bonds. The van der Waals surface area contributed by atoms with Crippen molar-refractivity contribution < 1.29 is 4.79 Å². The summed E-state index contributed by atoms with van der Waals surface area (Å²) in [6, 6.07) is 23.6. The predicted molar refractivity (Wildman–Crippen MR) is 132 cm³/mol. The molecule has 0 saturated carbocycles. The summed E-state index contributed by atoms with van der Waals surface area (Å²) in [4.78, 5) is 22.1. The third-order valence-electron chi connectivity index (χ3n) is 5.91. The highest BCUT2D eigenvalue weighted by atomic mass is 32.1. The number of carbonyl (C=O) groups excluding carboxylic acids is 1. The van der Waals surface area contributed by atoms with Crippen LogP contribution < -0.4 is 0 Å². The molecular formula is C26H25N3OS2. The summed E-state index contributed by atoms with van der Waals surface area (Å²) in [5.41, 5.74) is 4.60. The number of piperazine rings is 1. The average molecular weight is 460 g/mol. The summed E-state index contributed by atoms with van der Waals surface area (Å²) in [7, 11) is 0. The molecule has 1 fully saturated rings. The minimum absolute atomic E-state index is 0.169. The molecule has 4 aromatic rings. The molecule has 0 bridgehead atoms. The third kappa shape index (κ3) is 4.67. The largest absolute Gasteiger partial charge is 0.340 e. The molecule has 2 aromatic heterocycles. The second-order valence-corrected chi connectivity index (χ2v) is 9.61. The van der Waals surface area contributed by atoms with E-state index in [4.69, 9.17) is 0 Å². The molecule has 5 rings (SSSR count). The minimum Gasteiger partial charge on any atom is -0.340 e. The van der Waals surface area contributed by atoms with Gasteiger partial charge in [-0.05, 0) is 22.6 Å². The number of amides is 1. The summed E-state index contributed by atoms with van der Waals surface area (Å²) in [5, 5.41) is 7.16. The van der Waals surface area contributed by atoms with Crippen molar-refractivity contribution in [1.29, 1.82) is 0 Å². The molecule has 3 heterocycles. The van der Waals surface area contributed by atoms with E-state index in [1.165, 1.54) is 11.1 Å². The van der Waals surface area contributed by atoms with Gasteiger partial charge >= 0.3 is 0 Å². The molecule has 4 nitrogen and oxygen atoms in total. The number of thiophene rings is 1. The molecule has 0 N–H and O–H groups in total. The molecule has 162 valence electrons. The normalized spacial score (nSPS) is 14.7. The van der Waals surface area contributed by atoms with E-state index < -0.39 is 0 Å². The van der Waals surface area contributed by atoms with Crippen LogP contribution in [0.25, 0.3) is 10.6 Å². The van der Waals surface area contributed by atoms with Crippen LogP contribution in [0.15, 0.2) is 82.9 Å². The standard InChI is InChI=1S/C26H25N3OS2/c30-24(17-23-19-32-26(27-23)22-11-16-31-18-22)28-12-14-29(15-13-28)25(20-7-3-1-4-8-20)21-9-5-2-6-10-21/h1-11,16,18-19,25H,12-15,17H2. The highest BCUT2D eigenvalue weighted by Gasteiger charge is 2.28. The molecule has 0 atom stereocenters. The van der Waals surface area contributed by atoms with Gasteiger partial charge in [0.1, 0.15) is 5.01 Å². The maximum absolute atomic E-state index is 13.0. The van der Waals surface area contributed by atoms with E-state index in [9.17, 15) is 4.79 Å². The molecule has 0 spiro atoms. The van der Waals surface area contributed by atoms with Crippen molar-refractivity contribution in [3.05, 3.63) is 99.7 Å². The number of carbonyl (C=O) groups is 1. The molecule has 0 aliphatic carbocycles. The molecule has 1 saturated heterocycles. The fourth-order valence-electron chi connectivity index (χ4n) is 4.29. The van der Waals surface area contributed by atoms with Gasteiger partial charge in [0, 0.05) is 42.5 Å². The maximum Gasteiger partial charge on any atom is 0.228 e. The summed E-state index contributed by atoms with van der Waals surface area (Å²) in [5.74, 6) is 0.169. The second kappa shape index (κ2) is 9.77. The van der Waals surface area contributed by atoms with E-state index >= 15 is 0 Å². The SMILES string of the molecule is O=C(Cc1csc(-c2ccsc2)n1)N1CCN(C(c2ccccc2)c2ccccc2)CC1. The molecule has 1 aliphatic rings. The number of hydrogen-bond donors (Lipinski definition) is 0. The van der Waals surface area contributed by atoms with Crippen molar-refractivity contribution in [1.82, 2.24) is 14.8 Å². The number of benzene rings is 2. The summed E-state index contributed by atoms with van der Waals surface area (Å²) >= 11 is 3.28. The first-order valence-corrected chi connectivity index (χ1v) is 12.7. The van der Waals surface area contributed by atoms with Crippen LogP contribution in [0.3, 0.4) is 0 Å². The Hall–Kier alpha value is -2.80. The Labute approximate surface area is 196 Å². The highest BCUT2D eigenvalue weighted by molar-refractivity contribution is 7.14. The van der Waals surface area contributed by atoms with Crippen molar-refractivity contribution in [2.24, 2.45) is 0 Å². The van der Waals surface area contributed by atoms with Gasteiger partial charge in [-0.25, -0.2) is 4.98 Å². The van der Waals surface area contributed by atoms with Crippen LogP contribution in [0.4, 0.5) is 0 Å². The number of hydrogen-bond acceptors (Lipinski definition) is 5. The highest BCUT2D eigenvalue weighted by Crippen LogP contribution is 2.30. The van der Waals surface area contributed by atoms with Gasteiger partial charge in [0.15, 0.2) is 0 Å². The monoisotopic (exact) mass is 459 g/mol. The Morgan fingerprint density at radius 3 is 2.12 bits per heavy atom. The number of nitrogens with zero attached hydrogens (tertiary/aromatic N) is 3. The van der Waals surface area contributed by atoms with Gasteiger partial charge in [-0.2, -0.15) is 11.3 Å². The van der Waals surface area contributed by atoms with E-state index in [1.54, 1.807) is 22.7 Å². The third-order valence-corrected chi connectivity index (χ3v) is 7.54. The lowest BCUT2D eigenvalue weighted by Gasteiger charge is -2.39. The zero-order valence-corrected chi connectivity index (χ0v) is 19.4. The first kappa shape index (κ1) is 21.1. The van der Waals surface area contributed by atoms with Gasteiger partial charge in [0.2, 0.25) is 5.91 Å².